The first-order valence-electron chi connectivity index (χ1n) is 8.59. The molecule has 4 N–H and O–H groups in total. The van der Waals surface area contributed by atoms with Gasteiger partial charge in [-0.3, -0.25) is 9.36 Å². The minimum absolute atomic E-state index is 0.0304. The number of carbonyl (C=O) groups is 1. The quantitative estimate of drug-likeness (QED) is 0.354. The first kappa shape index (κ1) is 20.6. The molecule has 2 atom stereocenters. The average molecular weight is 473 g/mol. The fourth-order valence-electron chi connectivity index (χ4n) is 3.38. The Balaban J connectivity index is 1.87. The van der Waals surface area contributed by atoms with Crippen LogP contribution in [0.4, 0.5) is 4.79 Å². The van der Waals surface area contributed by atoms with Crippen molar-refractivity contribution in [3.63, 3.8) is 0 Å². The lowest BCUT2D eigenvalue weighted by Crippen LogP contribution is -2.51. The molecule has 2 heterocycles. The summed E-state index contributed by atoms with van der Waals surface area (Å²) in [4.78, 5) is 29.7. The molecule has 0 radical (unpaired) electrons. The van der Waals surface area contributed by atoms with E-state index in [1.165, 1.54) is 21.9 Å². The molecule has 9 nitrogen and oxygen atoms in total. The molecule has 1 fully saturated rings. The lowest BCUT2D eigenvalue weighted by molar-refractivity contribution is 0.0191. The second-order valence-electron chi connectivity index (χ2n) is 6.61. The van der Waals surface area contributed by atoms with E-state index in [2.05, 4.69) is 26.0 Å². The highest BCUT2D eigenvalue weighted by Gasteiger charge is 2.34. The number of piperidine rings is 1. The van der Waals surface area contributed by atoms with Gasteiger partial charge < -0.3 is 21.0 Å². The van der Waals surface area contributed by atoms with E-state index in [1.807, 2.05) is 0 Å². The van der Waals surface area contributed by atoms with Gasteiger partial charge in [0.05, 0.1) is 46.7 Å². The highest BCUT2D eigenvalue weighted by Crippen LogP contribution is 2.26. The maximum absolute atomic E-state index is 12.8. The fourth-order valence-corrected chi connectivity index (χ4v) is 3.88. The maximum Gasteiger partial charge on any atom is 0.407 e. The minimum Gasteiger partial charge on any atom is -0.465 e. The van der Waals surface area contributed by atoms with Crippen molar-refractivity contribution in [1.82, 2.24) is 14.5 Å². The van der Waals surface area contributed by atoms with Gasteiger partial charge in [-0.05, 0) is 40.9 Å². The Bertz CT molecular complexity index is 995. The van der Waals surface area contributed by atoms with Crippen molar-refractivity contribution < 1.29 is 15.0 Å². The highest BCUT2D eigenvalue weighted by atomic mass is 79.9. The van der Waals surface area contributed by atoms with E-state index in [4.69, 9.17) is 17.4 Å². The van der Waals surface area contributed by atoms with Crippen LogP contribution in [0.2, 0.25) is 5.02 Å². The molecule has 1 aliphatic heterocycles. The second kappa shape index (κ2) is 8.46. The molecule has 0 aliphatic carbocycles. The Morgan fingerprint density at radius 2 is 2.21 bits per heavy atom. The van der Waals surface area contributed by atoms with Crippen LogP contribution in [0.1, 0.15) is 19.3 Å². The lowest BCUT2D eigenvalue weighted by atomic mass is 9.94. The van der Waals surface area contributed by atoms with Crippen molar-refractivity contribution >= 4 is 50.2 Å². The topological polar surface area (TPSA) is 134 Å². The zero-order chi connectivity index (χ0) is 20.4. The van der Waals surface area contributed by atoms with Gasteiger partial charge in [0.2, 0.25) is 0 Å². The molecule has 1 aliphatic rings. The zero-order valence-corrected chi connectivity index (χ0v) is 17.1. The summed E-state index contributed by atoms with van der Waals surface area (Å²) in [6.45, 7) is 0.363. The third kappa shape index (κ3) is 4.13. The predicted molar refractivity (Wildman–Crippen MR) is 109 cm³/mol. The minimum atomic E-state index is -1.11. The zero-order valence-electron chi connectivity index (χ0n) is 14.8. The van der Waals surface area contributed by atoms with Crippen molar-refractivity contribution in [2.24, 2.45) is 10.9 Å². The van der Waals surface area contributed by atoms with Gasteiger partial charge in [-0.15, -0.1) is 0 Å². The standard InChI is InChI=1S/C17H19BrClN5O4/c18-11-6-13-10(5-12(11)19)16(26)23(8-21-13)7-9(22-20)4-14-15(25)2-1-3-24(14)17(27)28/h5-6,8,14-15,25H,1-4,7,20H2,(H,27,28)/b22-9-. The van der Waals surface area contributed by atoms with E-state index in [-0.39, 0.29) is 18.5 Å². The molecule has 0 spiro atoms. The van der Waals surface area contributed by atoms with E-state index >= 15 is 0 Å². The molecule has 1 aromatic carbocycles. The number of aromatic nitrogens is 2. The normalized spacial score (nSPS) is 20.5. The highest BCUT2D eigenvalue weighted by molar-refractivity contribution is 9.10. The molecule has 0 saturated carbocycles. The van der Waals surface area contributed by atoms with Crippen LogP contribution in [0.3, 0.4) is 0 Å². The molecule has 11 heteroatoms. The monoisotopic (exact) mass is 471 g/mol. The number of amides is 1. The molecule has 1 aromatic heterocycles. The number of hydrogen-bond donors (Lipinski definition) is 3. The third-order valence-corrected chi connectivity index (χ3v) is 6.03. The number of likely N-dealkylation sites (tertiary alicyclic amines) is 1. The van der Waals surface area contributed by atoms with E-state index in [9.17, 15) is 19.8 Å². The Kier molecular flexibility index (Phi) is 6.21. The van der Waals surface area contributed by atoms with Gasteiger partial charge in [-0.1, -0.05) is 11.6 Å². The smallest absolute Gasteiger partial charge is 0.407 e. The van der Waals surface area contributed by atoms with Crippen molar-refractivity contribution in [2.45, 2.75) is 38.0 Å². The molecule has 3 rings (SSSR count). The van der Waals surface area contributed by atoms with Crippen LogP contribution in [0.25, 0.3) is 10.9 Å². The van der Waals surface area contributed by atoms with E-state index < -0.39 is 18.2 Å². The number of hydrazone groups is 1. The van der Waals surface area contributed by atoms with E-state index in [0.717, 1.165) is 0 Å². The van der Waals surface area contributed by atoms with Crippen molar-refractivity contribution in [3.05, 3.63) is 38.3 Å². The Hall–Kier alpha value is -2.17. The molecule has 2 aromatic rings. The largest absolute Gasteiger partial charge is 0.465 e. The van der Waals surface area contributed by atoms with Crippen LogP contribution in [-0.2, 0) is 6.54 Å². The summed E-state index contributed by atoms with van der Waals surface area (Å²) in [5.41, 5.74) is 0.548. The summed E-state index contributed by atoms with van der Waals surface area (Å²) < 4.78 is 1.97. The van der Waals surface area contributed by atoms with Crippen LogP contribution >= 0.6 is 27.5 Å². The van der Waals surface area contributed by atoms with Gasteiger partial charge in [0.1, 0.15) is 0 Å². The summed E-state index contributed by atoms with van der Waals surface area (Å²) >= 11 is 9.38. The van der Waals surface area contributed by atoms with Crippen LogP contribution in [0, 0.1) is 0 Å². The summed E-state index contributed by atoms with van der Waals surface area (Å²) in [6.07, 6.45) is 0.660. The van der Waals surface area contributed by atoms with Gasteiger partial charge >= 0.3 is 6.09 Å². The summed E-state index contributed by atoms with van der Waals surface area (Å²) in [5.74, 6) is 5.49. The van der Waals surface area contributed by atoms with Crippen LogP contribution in [0.5, 0.6) is 0 Å². The summed E-state index contributed by atoms with van der Waals surface area (Å²) in [7, 11) is 0. The number of hydrogen-bond acceptors (Lipinski definition) is 6. The van der Waals surface area contributed by atoms with Gasteiger partial charge in [0.25, 0.3) is 5.56 Å². The van der Waals surface area contributed by atoms with Gasteiger partial charge in [-0.25, -0.2) is 9.78 Å². The number of benzene rings is 1. The number of rotatable bonds is 4. The van der Waals surface area contributed by atoms with Crippen LogP contribution < -0.4 is 11.4 Å². The lowest BCUT2D eigenvalue weighted by Gasteiger charge is -2.37. The summed E-state index contributed by atoms with van der Waals surface area (Å²) in [5, 5.41) is 24.1. The third-order valence-electron chi connectivity index (χ3n) is 4.84. The molecule has 1 saturated heterocycles. The predicted octanol–water partition coefficient (Wildman–Crippen LogP) is 2.02. The Morgan fingerprint density at radius 3 is 2.89 bits per heavy atom. The molecule has 2 unspecified atom stereocenters. The number of aliphatic hydroxyl groups is 1. The van der Waals surface area contributed by atoms with Gasteiger partial charge in [0.15, 0.2) is 0 Å². The number of carboxylic acid groups (broad SMARTS) is 1. The molecular formula is C17H19BrClN5O4. The molecule has 150 valence electrons. The number of nitrogens with zero attached hydrogens (tertiary/aromatic N) is 4. The molecule has 28 heavy (non-hydrogen) atoms. The van der Waals surface area contributed by atoms with E-state index in [0.29, 0.717) is 45.5 Å². The van der Waals surface area contributed by atoms with Crippen molar-refractivity contribution in [1.29, 1.82) is 0 Å². The fraction of sp³-hybridized carbons (Fsp3) is 0.412. The van der Waals surface area contributed by atoms with E-state index in [1.54, 1.807) is 6.07 Å². The number of halogens is 2. The average Bonchev–Trinajstić information content (AvgIpc) is 2.66. The maximum atomic E-state index is 12.8. The molecule has 0 bridgehead atoms. The van der Waals surface area contributed by atoms with Crippen LogP contribution in [0.15, 0.2) is 32.8 Å². The van der Waals surface area contributed by atoms with Gasteiger partial charge in [-0.2, -0.15) is 5.10 Å². The molecule has 1 amide bonds. The molecular weight excluding hydrogens is 454 g/mol. The Morgan fingerprint density at radius 1 is 1.46 bits per heavy atom. The SMILES string of the molecule is N/N=C(/CC1C(O)CCCN1C(=O)O)Cn1cnc2cc(Br)c(Cl)cc2c1=O. The summed E-state index contributed by atoms with van der Waals surface area (Å²) in [6, 6.07) is 2.52. The Labute approximate surface area is 173 Å². The van der Waals surface area contributed by atoms with Crippen molar-refractivity contribution in [2.75, 3.05) is 6.54 Å². The number of nitrogens with two attached hydrogens (primary N) is 1. The van der Waals surface area contributed by atoms with Crippen LogP contribution in [-0.4, -0.2) is 55.2 Å². The first-order chi connectivity index (χ1) is 13.3. The second-order valence-corrected chi connectivity index (χ2v) is 7.87. The van der Waals surface area contributed by atoms with Crippen molar-refractivity contribution in [3.8, 4) is 0 Å². The number of fused-ring (bicyclic) bond motifs is 1. The number of aliphatic hydroxyl groups excluding tert-OH is 1. The van der Waals surface area contributed by atoms with Gasteiger partial charge in [0, 0.05) is 17.4 Å². The first-order valence-corrected chi connectivity index (χ1v) is 9.76.